The number of amides is 1. The van der Waals surface area contributed by atoms with Crippen LogP contribution in [0.5, 0.6) is 5.75 Å². The number of nitrogens with zero attached hydrogens (tertiary/aromatic N) is 6. The van der Waals surface area contributed by atoms with E-state index < -0.39 is 10.0 Å². The van der Waals surface area contributed by atoms with E-state index in [1.54, 1.807) is 39.6 Å². The molecule has 3 aromatic rings. The first-order valence-corrected chi connectivity index (χ1v) is 12.7. The number of sulfonamides is 1. The van der Waals surface area contributed by atoms with Crippen molar-refractivity contribution in [2.45, 2.75) is 45.9 Å². The predicted molar refractivity (Wildman–Crippen MR) is 126 cm³/mol. The van der Waals surface area contributed by atoms with Gasteiger partial charge >= 0.3 is 0 Å². The molecule has 1 fully saturated rings. The van der Waals surface area contributed by atoms with E-state index in [0.29, 0.717) is 31.0 Å². The van der Waals surface area contributed by atoms with Gasteiger partial charge in [0.2, 0.25) is 10.0 Å². The van der Waals surface area contributed by atoms with Gasteiger partial charge in [0.15, 0.2) is 12.4 Å². The average Bonchev–Trinajstić information content (AvgIpc) is 3.46. The number of aromatic nitrogens is 4. The third-order valence-electron chi connectivity index (χ3n) is 5.92. The predicted octanol–water partition coefficient (Wildman–Crippen LogP) is 2.21. The van der Waals surface area contributed by atoms with Crippen molar-refractivity contribution in [2.24, 2.45) is 0 Å². The number of carbonyl (C=O) groups excluding carboxylic acids is 1. The van der Waals surface area contributed by atoms with Gasteiger partial charge in [0.1, 0.15) is 10.6 Å². The number of carbonyl (C=O) groups is 1. The molecule has 3 heterocycles. The normalized spacial score (nSPS) is 15.0. The second-order valence-electron chi connectivity index (χ2n) is 8.41. The third kappa shape index (κ3) is 4.85. The standard InChI is InChI=1S/C23H30N6O4S/c1-5-27-15-22(19(4)24-27)34(31,32)29-12-10-26(11-13-29)23(30)20-8-9-28(25-20)16-33-21-14-17(2)6-7-18(21)3/h6-9,14-15H,5,10-13,16H2,1-4H3. The van der Waals surface area contributed by atoms with Gasteiger partial charge in [0, 0.05) is 45.1 Å². The smallest absolute Gasteiger partial charge is 0.274 e. The van der Waals surface area contributed by atoms with Crippen molar-refractivity contribution in [1.29, 1.82) is 0 Å². The maximum Gasteiger partial charge on any atom is 0.274 e. The lowest BCUT2D eigenvalue weighted by Gasteiger charge is -2.33. The molecule has 0 atom stereocenters. The summed E-state index contributed by atoms with van der Waals surface area (Å²) in [6.45, 7) is 9.40. The largest absolute Gasteiger partial charge is 0.471 e. The first-order chi connectivity index (χ1) is 16.2. The number of ether oxygens (including phenoxy) is 1. The lowest BCUT2D eigenvalue weighted by molar-refractivity contribution is 0.0690. The van der Waals surface area contributed by atoms with E-state index in [1.807, 2.05) is 39.0 Å². The summed E-state index contributed by atoms with van der Waals surface area (Å²) in [4.78, 5) is 14.8. The Bertz CT molecular complexity index is 1290. The summed E-state index contributed by atoms with van der Waals surface area (Å²) in [7, 11) is -3.66. The van der Waals surface area contributed by atoms with E-state index in [4.69, 9.17) is 4.74 Å². The lowest BCUT2D eigenvalue weighted by atomic mass is 10.1. The molecule has 11 heteroatoms. The summed E-state index contributed by atoms with van der Waals surface area (Å²) < 4.78 is 36.6. The molecule has 1 amide bonds. The second kappa shape index (κ2) is 9.59. The van der Waals surface area contributed by atoms with Crippen molar-refractivity contribution in [1.82, 2.24) is 28.8 Å². The first kappa shape index (κ1) is 24.0. The Morgan fingerprint density at radius 3 is 2.44 bits per heavy atom. The Labute approximate surface area is 199 Å². The fourth-order valence-electron chi connectivity index (χ4n) is 3.89. The molecule has 0 bridgehead atoms. The highest BCUT2D eigenvalue weighted by atomic mass is 32.2. The van der Waals surface area contributed by atoms with Crippen LogP contribution in [0.15, 0.2) is 41.6 Å². The van der Waals surface area contributed by atoms with Crippen LogP contribution in [0.2, 0.25) is 0 Å². The van der Waals surface area contributed by atoms with Crippen molar-refractivity contribution in [3.05, 3.63) is 59.2 Å². The van der Waals surface area contributed by atoms with Crippen molar-refractivity contribution < 1.29 is 17.9 Å². The van der Waals surface area contributed by atoms with Crippen LogP contribution < -0.4 is 4.74 Å². The fraction of sp³-hybridized carbons (Fsp3) is 0.435. The summed E-state index contributed by atoms with van der Waals surface area (Å²) in [5.74, 6) is 0.554. The summed E-state index contributed by atoms with van der Waals surface area (Å²) in [5, 5.41) is 8.59. The molecular formula is C23H30N6O4S. The van der Waals surface area contributed by atoms with Gasteiger partial charge in [-0.25, -0.2) is 13.1 Å². The van der Waals surface area contributed by atoms with Crippen LogP contribution in [-0.4, -0.2) is 69.3 Å². The Kier molecular flexibility index (Phi) is 6.76. The number of piperazine rings is 1. The van der Waals surface area contributed by atoms with Crippen LogP contribution in [0.4, 0.5) is 0 Å². The maximum atomic E-state index is 13.1. The van der Waals surface area contributed by atoms with Crippen molar-refractivity contribution in [3.63, 3.8) is 0 Å². The number of rotatable bonds is 7. The Hall–Kier alpha value is -3.18. The van der Waals surface area contributed by atoms with Crippen molar-refractivity contribution in [2.75, 3.05) is 26.2 Å². The highest BCUT2D eigenvalue weighted by molar-refractivity contribution is 7.89. The molecule has 0 unspecified atom stereocenters. The van der Waals surface area contributed by atoms with Gasteiger partial charge in [-0.2, -0.15) is 14.5 Å². The van der Waals surface area contributed by atoms with Gasteiger partial charge in [-0.1, -0.05) is 12.1 Å². The molecule has 10 nitrogen and oxygen atoms in total. The lowest BCUT2D eigenvalue weighted by Crippen LogP contribution is -2.50. The molecule has 0 radical (unpaired) electrons. The van der Waals surface area contributed by atoms with Crippen LogP contribution in [0, 0.1) is 20.8 Å². The van der Waals surface area contributed by atoms with Gasteiger partial charge in [-0.05, 0) is 51.0 Å². The fourth-order valence-corrected chi connectivity index (χ4v) is 5.48. The number of benzene rings is 1. The molecule has 182 valence electrons. The van der Waals surface area contributed by atoms with E-state index in [0.717, 1.165) is 16.9 Å². The quantitative estimate of drug-likeness (QED) is 0.507. The topological polar surface area (TPSA) is 103 Å². The highest BCUT2D eigenvalue weighted by Gasteiger charge is 2.33. The zero-order valence-electron chi connectivity index (χ0n) is 19.9. The van der Waals surface area contributed by atoms with Crippen LogP contribution in [-0.2, 0) is 23.3 Å². The van der Waals surface area contributed by atoms with Gasteiger partial charge in [-0.15, -0.1) is 0 Å². The van der Waals surface area contributed by atoms with Gasteiger partial charge in [-0.3, -0.25) is 9.48 Å². The summed E-state index contributed by atoms with van der Waals surface area (Å²) in [6.07, 6.45) is 3.27. The number of aryl methyl sites for hydroxylation is 4. The molecular weight excluding hydrogens is 456 g/mol. The minimum Gasteiger partial charge on any atom is -0.471 e. The molecule has 1 aliphatic rings. The van der Waals surface area contributed by atoms with Crippen molar-refractivity contribution in [3.8, 4) is 5.75 Å². The number of hydrogen-bond donors (Lipinski definition) is 0. The van der Waals surface area contributed by atoms with Crippen molar-refractivity contribution >= 4 is 15.9 Å². The SMILES string of the molecule is CCn1cc(S(=O)(=O)N2CCN(C(=O)c3ccn(COc4cc(C)ccc4C)n3)CC2)c(C)n1. The Balaban J connectivity index is 1.36. The van der Waals surface area contributed by atoms with E-state index >= 15 is 0 Å². The zero-order valence-corrected chi connectivity index (χ0v) is 20.7. The second-order valence-corrected chi connectivity index (χ2v) is 10.3. The Morgan fingerprint density at radius 1 is 1.03 bits per heavy atom. The highest BCUT2D eigenvalue weighted by Crippen LogP contribution is 2.22. The molecule has 0 aliphatic carbocycles. The molecule has 0 spiro atoms. The van der Waals surface area contributed by atoms with Gasteiger partial charge < -0.3 is 9.64 Å². The first-order valence-electron chi connectivity index (χ1n) is 11.3. The van der Waals surface area contributed by atoms with Crippen LogP contribution in [0.1, 0.15) is 34.2 Å². The summed E-state index contributed by atoms with van der Waals surface area (Å²) >= 11 is 0. The van der Waals surface area contributed by atoms with Gasteiger partial charge in [0.05, 0.1) is 5.69 Å². The summed E-state index contributed by atoms with van der Waals surface area (Å²) in [5.41, 5.74) is 2.92. The molecule has 1 saturated heterocycles. The van der Waals surface area contributed by atoms with E-state index in [2.05, 4.69) is 10.2 Å². The number of hydrogen-bond acceptors (Lipinski definition) is 6. The zero-order chi connectivity index (χ0) is 24.5. The monoisotopic (exact) mass is 486 g/mol. The van der Waals surface area contributed by atoms with Crippen LogP contribution >= 0.6 is 0 Å². The molecule has 1 aromatic carbocycles. The summed E-state index contributed by atoms with van der Waals surface area (Å²) in [6, 6.07) is 7.64. The third-order valence-corrected chi connectivity index (χ3v) is 7.93. The van der Waals surface area contributed by atoms with E-state index in [1.165, 1.54) is 4.31 Å². The molecule has 2 aromatic heterocycles. The molecule has 1 aliphatic heterocycles. The average molecular weight is 487 g/mol. The minimum absolute atomic E-state index is 0.189. The molecule has 0 saturated carbocycles. The van der Waals surface area contributed by atoms with E-state index in [-0.39, 0.29) is 30.6 Å². The van der Waals surface area contributed by atoms with Gasteiger partial charge in [0.25, 0.3) is 5.91 Å². The van der Waals surface area contributed by atoms with E-state index in [9.17, 15) is 13.2 Å². The minimum atomic E-state index is -3.66. The van der Waals surface area contributed by atoms with Crippen LogP contribution in [0.3, 0.4) is 0 Å². The molecule has 4 rings (SSSR count). The maximum absolute atomic E-state index is 13.1. The Morgan fingerprint density at radius 2 is 1.76 bits per heavy atom. The van der Waals surface area contributed by atoms with Crippen LogP contribution in [0.25, 0.3) is 0 Å². The molecule has 34 heavy (non-hydrogen) atoms. The molecule has 0 N–H and O–H groups in total.